The standard InChI is InChI=1S/C21H16FN3O2S/c22-15-4-1-5-18-19(15)21(27)25-16-11-14(6-7-17(16)28-18)20(26)24-10-8-13-3-2-9-23-12-13/h1-7,9,11-12H,8,10H2,(H,24,26)(H,25,27). The minimum Gasteiger partial charge on any atom is -0.352 e. The first-order valence-electron chi connectivity index (χ1n) is 8.71. The fraction of sp³-hybridized carbons (Fsp3) is 0.0952. The number of hydrogen-bond donors (Lipinski definition) is 2. The van der Waals surface area contributed by atoms with E-state index in [-0.39, 0.29) is 11.5 Å². The molecule has 0 aliphatic carbocycles. The van der Waals surface area contributed by atoms with Crippen molar-refractivity contribution in [2.45, 2.75) is 16.2 Å². The summed E-state index contributed by atoms with van der Waals surface area (Å²) in [6.45, 7) is 0.472. The number of aromatic nitrogens is 1. The zero-order valence-corrected chi connectivity index (χ0v) is 15.6. The van der Waals surface area contributed by atoms with Crippen LogP contribution in [0.2, 0.25) is 0 Å². The number of amides is 2. The normalized spacial score (nSPS) is 12.4. The van der Waals surface area contributed by atoms with Crippen molar-refractivity contribution >= 4 is 29.3 Å². The largest absolute Gasteiger partial charge is 0.352 e. The summed E-state index contributed by atoms with van der Waals surface area (Å²) in [5.74, 6) is -1.32. The predicted molar refractivity (Wildman–Crippen MR) is 105 cm³/mol. The van der Waals surface area contributed by atoms with Crippen LogP contribution in [0, 0.1) is 5.82 Å². The van der Waals surface area contributed by atoms with Gasteiger partial charge in [-0.3, -0.25) is 14.6 Å². The fourth-order valence-electron chi connectivity index (χ4n) is 2.94. The number of anilines is 1. The number of fused-ring (bicyclic) bond motifs is 2. The number of halogens is 1. The monoisotopic (exact) mass is 393 g/mol. The average molecular weight is 393 g/mol. The van der Waals surface area contributed by atoms with Gasteiger partial charge in [0.1, 0.15) is 5.82 Å². The highest BCUT2D eigenvalue weighted by Crippen LogP contribution is 2.39. The van der Waals surface area contributed by atoms with E-state index < -0.39 is 11.7 Å². The van der Waals surface area contributed by atoms with Crippen LogP contribution in [0.25, 0.3) is 0 Å². The lowest BCUT2D eigenvalue weighted by atomic mass is 10.1. The first-order chi connectivity index (χ1) is 13.6. The third-order valence-corrected chi connectivity index (χ3v) is 5.47. The summed E-state index contributed by atoms with van der Waals surface area (Å²) in [6, 6.07) is 13.4. The third kappa shape index (κ3) is 3.75. The molecule has 0 spiro atoms. The molecule has 0 unspecified atom stereocenters. The Hall–Kier alpha value is -3.19. The van der Waals surface area contributed by atoms with Crippen LogP contribution in [-0.2, 0) is 6.42 Å². The molecule has 0 saturated carbocycles. The highest BCUT2D eigenvalue weighted by atomic mass is 32.2. The first-order valence-corrected chi connectivity index (χ1v) is 9.52. The molecule has 4 rings (SSSR count). The number of carbonyl (C=O) groups excluding carboxylic acids is 2. The molecule has 2 N–H and O–H groups in total. The minimum atomic E-state index is -0.566. The molecular formula is C21H16FN3O2S. The van der Waals surface area contributed by atoms with Crippen LogP contribution in [0.15, 0.2) is 70.7 Å². The van der Waals surface area contributed by atoms with Crippen LogP contribution in [0.3, 0.4) is 0 Å². The van der Waals surface area contributed by atoms with Gasteiger partial charge in [0, 0.05) is 34.3 Å². The van der Waals surface area contributed by atoms with Crippen LogP contribution < -0.4 is 10.6 Å². The van der Waals surface area contributed by atoms with Crippen molar-refractivity contribution in [2.75, 3.05) is 11.9 Å². The quantitative estimate of drug-likeness (QED) is 0.705. The number of hydrogen-bond acceptors (Lipinski definition) is 4. The fourth-order valence-corrected chi connectivity index (χ4v) is 3.97. The summed E-state index contributed by atoms with van der Waals surface area (Å²) in [5, 5.41) is 5.57. The topological polar surface area (TPSA) is 71.1 Å². The Bertz CT molecular complexity index is 1060. The number of rotatable bonds is 4. The number of carbonyl (C=O) groups is 2. The molecule has 1 aliphatic rings. The summed E-state index contributed by atoms with van der Waals surface area (Å²) in [4.78, 5) is 30.2. The van der Waals surface area contributed by atoms with Crippen molar-refractivity contribution in [3.63, 3.8) is 0 Å². The molecule has 2 amide bonds. The van der Waals surface area contributed by atoms with Gasteiger partial charge in [-0.1, -0.05) is 23.9 Å². The van der Waals surface area contributed by atoms with E-state index in [0.717, 1.165) is 10.5 Å². The minimum absolute atomic E-state index is 0.0196. The lowest BCUT2D eigenvalue weighted by Gasteiger charge is -2.10. The van der Waals surface area contributed by atoms with E-state index in [1.807, 2.05) is 12.1 Å². The second-order valence-corrected chi connectivity index (χ2v) is 7.33. The van der Waals surface area contributed by atoms with Crippen molar-refractivity contribution in [1.29, 1.82) is 0 Å². The number of nitrogens with one attached hydrogen (secondary N) is 2. The molecule has 28 heavy (non-hydrogen) atoms. The van der Waals surface area contributed by atoms with E-state index in [2.05, 4.69) is 15.6 Å². The Labute approximate surface area is 165 Å². The van der Waals surface area contributed by atoms with E-state index in [1.54, 1.807) is 42.7 Å². The van der Waals surface area contributed by atoms with Gasteiger partial charge < -0.3 is 10.6 Å². The maximum atomic E-state index is 14.1. The Morgan fingerprint density at radius 1 is 1.14 bits per heavy atom. The second-order valence-electron chi connectivity index (χ2n) is 6.25. The maximum absolute atomic E-state index is 14.1. The highest BCUT2D eigenvalue weighted by molar-refractivity contribution is 7.99. The van der Waals surface area contributed by atoms with Crippen molar-refractivity contribution in [1.82, 2.24) is 10.3 Å². The van der Waals surface area contributed by atoms with E-state index in [1.165, 1.54) is 17.8 Å². The van der Waals surface area contributed by atoms with Gasteiger partial charge in [0.25, 0.3) is 11.8 Å². The average Bonchev–Trinajstić information content (AvgIpc) is 2.84. The molecule has 0 fully saturated rings. The summed E-state index contributed by atoms with van der Waals surface area (Å²) < 4.78 is 14.1. The molecule has 0 saturated heterocycles. The maximum Gasteiger partial charge on any atom is 0.259 e. The van der Waals surface area contributed by atoms with Crippen LogP contribution in [0.4, 0.5) is 10.1 Å². The molecule has 2 heterocycles. The summed E-state index contributed by atoms with van der Waals surface area (Å²) in [7, 11) is 0. The molecule has 0 bridgehead atoms. The first kappa shape index (κ1) is 18.2. The Morgan fingerprint density at radius 2 is 2.04 bits per heavy atom. The molecule has 3 aromatic rings. The lowest BCUT2D eigenvalue weighted by Crippen LogP contribution is -2.26. The summed E-state index contributed by atoms with van der Waals surface area (Å²) in [5.41, 5.74) is 1.97. The molecule has 0 atom stereocenters. The molecule has 2 aromatic carbocycles. The van der Waals surface area contributed by atoms with Gasteiger partial charge in [0.2, 0.25) is 0 Å². The van der Waals surface area contributed by atoms with Gasteiger partial charge in [-0.15, -0.1) is 0 Å². The Kier molecular flexibility index (Phi) is 5.08. The highest BCUT2D eigenvalue weighted by Gasteiger charge is 2.23. The van der Waals surface area contributed by atoms with Crippen LogP contribution in [0.1, 0.15) is 26.3 Å². The van der Waals surface area contributed by atoms with E-state index in [0.29, 0.717) is 29.1 Å². The van der Waals surface area contributed by atoms with E-state index in [4.69, 9.17) is 0 Å². The van der Waals surface area contributed by atoms with E-state index >= 15 is 0 Å². The molecule has 7 heteroatoms. The van der Waals surface area contributed by atoms with Crippen molar-refractivity contribution in [3.05, 3.63) is 83.4 Å². The smallest absolute Gasteiger partial charge is 0.259 e. The molecule has 0 radical (unpaired) electrons. The molecule has 1 aliphatic heterocycles. The number of nitrogens with zero attached hydrogens (tertiary/aromatic N) is 1. The zero-order chi connectivity index (χ0) is 19.5. The SMILES string of the molecule is O=C(NCCc1cccnc1)c1ccc2c(c1)NC(=O)c1c(F)cccc1S2. The number of benzene rings is 2. The van der Waals surface area contributed by atoms with E-state index in [9.17, 15) is 14.0 Å². The Morgan fingerprint density at radius 3 is 2.86 bits per heavy atom. The van der Waals surface area contributed by atoms with Gasteiger partial charge in [0.05, 0.1) is 11.3 Å². The molecule has 1 aromatic heterocycles. The summed E-state index contributed by atoms with van der Waals surface area (Å²) >= 11 is 1.29. The number of pyridine rings is 1. The summed E-state index contributed by atoms with van der Waals surface area (Å²) in [6.07, 6.45) is 4.14. The van der Waals surface area contributed by atoms with Crippen molar-refractivity contribution in [2.24, 2.45) is 0 Å². The van der Waals surface area contributed by atoms with Gasteiger partial charge in [0.15, 0.2) is 0 Å². The van der Waals surface area contributed by atoms with Crippen molar-refractivity contribution < 1.29 is 14.0 Å². The lowest BCUT2D eigenvalue weighted by molar-refractivity contribution is 0.0952. The Balaban J connectivity index is 1.49. The predicted octanol–water partition coefficient (Wildman–Crippen LogP) is 3.91. The zero-order valence-electron chi connectivity index (χ0n) is 14.7. The van der Waals surface area contributed by atoms with Gasteiger partial charge in [-0.2, -0.15) is 0 Å². The van der Waals surface area contributed by atoms with Crippen LogP contribution >= 0.6 is 11.8 Å². The molecule has 140 valence electrons. The van der Waals surface area contributed by atoms with Gasteiger partial charge in [-0.05, 0) is 48.4 Å². The second kappa shape index (κ2) is 7.82. The molecular weight excluding hydrogens is 377 g/mol. The third-order valence-electron chi connectivity index (χ3n) is 4.33. The molecule has 5 nitrogen and oxygen atoms in total. The van der Waals surface area contributed by atoms with Crippen LogP contribution in [0.5, 0.6) is 0 Å². The van der Waals surface area contributed by atoms with Gasteiger partial charge >= 0.3 is 0 Å². The van der Waals surface area contributed by atoms with Crippen molar-refractivity contribution in [3.8, 4) is 0 Å². The van der Waals surface area contributed by atoms with Gasteiger partial charge in [-0.25, -0.2) is 4.39 Å². The van der Waals surface area contributed by atoms with Crippen LogP contribution in [-0.4, -0.2) is 23.3 Å².